The van der Waals surface area contributed by atoms with Crippen molar-refractivity contribution >= 4 is 0 Å². The second kappa shape index (κ2) is 12.5. The molecule has 126 valence electrons. The highest BCUT2D eigenvalue weighted by Gasteiger charge is 2.07. The van der Waals surface area contributed by atoms with Gasteiger partial charge in [0.15, 0.2) is 0 Å². The van der Waals surface area contributed by atoms with Crippen LogP contribution in [-0.4, -0.2) is 10.2 Å². The first-order valence-electron chi connectivity index (χ1n) is 9.21. The Morgan fingerprint density at radius 1 is 0.818 bits per heavy atom. The average molecular weight is 306 g/mol. The van der Waals surface area contributed by atoms with Crippen LogP contribution in [0.25, 0.3) is 0 Å². The fourth-order valence-corrected chi connectivity index (χ4v) is 2.90. The summed E-state index contributed by atoms with van der Waals surface area (Å²) in [5, 5.41) is 19.5. The van der Waals surface area contributed by atoms with Gasteiger partial charge in [0, 0.05) is 0 Å². The SMILES string of the molecule is CCCCCCCCCCCCCC(O)c1cccc(O)c1. The van der Waals surface area contributed by atoms with Crippen LogP contribution in [0, 0.1) is 0 Å². The summed E-state index contributed by atoms with van der Waals surface area (Å²) in [6, 6.07) is 6.96. The zero-order valence-electron chi connectivity index (χ0n) is 14.3. The Balaban J connectivity index is 1.93. The van der Waals surface area contributed by atoms with Crippen molar-refractivity contribution in [3.63, 3.8) is 0 Å². The summed E-state index contributed by atoms with van der Waals surface area (Å²) in [6.45, 7) is 2.26. The highest BCUT2D eigenvalue weighted by molar-refractivity contribution is 5.28. The van der Waals surface area contributed by atoms with Gasteiger partial charge in [-0.05, 0) is 24.1 Å². The van der Waals surface area contributed by atoms with E-state index in [0.29, 0.717) is 0 Å². The van der Waals surface area contributed by atoms with E-state index in [9.17, 15) is 10.2 Å². The molecule has 0 amide bonds. The smallest absolute Gasteiger partial charge is 0.115 e. The number of hydrogen-bond acceptors (Lipinski definition) is 2. The molecule has 0 aliphatic rings. The molecule has 22 heavy (non-hydrogen) atoms. The molecule has 0 aliphatic carbocycles. The Morgan fingerprint density at radius 3 is 1.91 bits per heavy atom. The van der Waals surface area contributed by atoms with E-state index in [1.54, 1.807) is 18.2 Å². The number of unbranched alkanes of at least 4 members (excludes halogenated alkanes) is 10. The van der Waals surface area contributed by atoms with Gasteiger partial charge in [-0.2, -0.15) is 0 Å². The number of rotatable bonds is 13. The lowest BCUT2D eigenvalue weighted by Crippen LogP contribution is -1.97. The number of hydrogen-bond donors (Lipinski definition) is 2. The van der Waals surface area contributed by atoms with Gasteiger partial charge in [0.05, 0.1) is 6.10 Å². The van der Waals surface area contributed by atoms with Gasteiger partial charge < -0.3 is 10.2 Å². The molecule has 0 heterocycles. The van der Waals surface area contributed by atoms with E-state index in [2.05, 4.69) is 6.92 Å². The van der Waals surface area contributed by atoms with Gasteiger partial charge in [-0.1, -0.05) is 89.7 Å². The molecule has 0 bridgehead atoms. The van der Waals surface area contributed by atoms with Gasteiger partial charge in [-0.3, -0.25) is 0 Å². The van der Waals surface area contributed by atoms with Gasteiger partial charge in [-0.15, -0.1) is 0 Å². The molecule has 0 aromatic heterocycles. The van der Waals surface area contributed by atoms with Gasteiger partial charge in [-0.25, -0.2) is 0 Å². The van der Waals surface area contributed by atoms with Crippen molar-refractivity contribution < 1.29 is 10.2 Å². The van der Waals surface area contributed by atoms with E-state index >= 15 is 0 Å². The monoisotopic (exact) mass is 306 g/mol. The molecule has 1 unspecified atom stereocenters. The summed E-state index contributed by atoms with van der Waals surface area (Å²) in [6.07, 6.45) is 14.9. The number of benzene rings is 1. The number of phenolic OH excluding ortho intramolecular Hbond substituents is 1. The first kappa shape index (κ1) is 19.0. The molecule has 0 radical (unpaired) electrons. The first-order valence-corrected chi connectivity index (χ1v) is 9.21. The Morgan fingerprint density at radius 2 is 1.36 bits per heavy atom. The molecule has 2 nitrogen and oxygen atoms in total. The molecular formula is C20H34O2. The summed E-state index contributed by atoms with van der Waals surface area (Å²) in [5.41, 5.74) is 0.826. The Labute approximate surface area is 136 Å². The first-order chi connectivity index (χ1) is 10.7. The normalized spacial score (nSPS) is 12.5. The predicted octanol–water partition coefficient (Wildman–Crippen LogP) is 6.13. The molecule has 1 aromatic carbocycles. The lowest BCUT2D eigenvalue weighted by atomic mass is 10.0. The van der Waals surface area contributed by atoms with E-state index < -0.39 is 6.10 Å². The Kier molecular flexibility index (Phi) is 10.8. The van der Waals surface area contributed by atoms with Gasteiger partial charge >= 0.3 is 0 Å². The molecule has 0 spiro atoms. The van der Waals surface area contributed by atoms with Crippen molar-refractivity contribution in [3.8, 4) is 5.75 Å². The molecule has 2 heteroatoms. The van der Waals surface area contributed by atoms with Crippen molar-refractivity contribution in [1.82, 2.24) is 0 Å². The molecule has 1 aromatic rings. The highest BCUT2D eigenvalue weighted by Crippen LogP contribution is 2.23. The van der Waals surface area contributed by atoms with Gasteiger partial charge in [0.1, 0.15) is 5.75 Å². The van der Waals surface area contributed by atoms with Crippen LogP contribution in [0.4, 0.5) is 0 Å². The van der Waals surface area contributed by atoms with Crippen molar-refractivity contribution in [2.45, 2.75) is 90.1 Å². The van der Waals surface area contributed by atoms with Gasteiger partial charge in [0.25, 0.3) is 0 Å². The van der Waals surface area contributed by atoms with Crippen molar-refractivity contribution in [1.29, 1.82) is 0 Å². The number of phenols is 1. The van der Waals surface area contributed by atoms with Crippen LogP contribution in [-0.2, 0) is 0 Å². The van der Waals surface area contributed by atoms with E-state index in [0.717, 1.165) is 18.4 Å². The number of aliphatic hydroxyl groups excluding tert-OH is 1. The van der Waals surface area contributed by atoms with Crippen LogP contribution in [0.3, 0.4) is 0 Å². The van der Waals surface area contributed by atoms with E-state index in [-0.39, 0.29) is 5.75 Å². The zero-order chi connectivity index (χ0) is 16.0. The minimum Gasteiger partial charge on any atom is -0.508 e. The molecule has 0 saturated carbocycles. The summed E-state index contributed by atoms with van der Waals surface area (Å²) in [5.74, 6) is 0.232. The van der Waals surface area contributed by atoms with E-state index in [1.165, 1.54) is 64.2 Å². The molecule has 0 saturated heterocycles. The maximum absolute atomic E-state index is 10.1. The third-order valence-electron chi connectivity index (χ3n) is 4.34. The van der Waals surface area contributed by atoms with Crippen LogP contribution in [0.2, 0.25) is 0 Å². The molecule has 1 rings (SSSR count). The fourth-order valence-electron chi connectivity index (χ4n) is 2.90. The van der Waals surface area contributed by atoms with Crippen molar-refractivity contribution in [2.24, 2.45) is 0 Å². The standard InChI is InChI=1S/C20H34O2/c1-2-3-4-5-6-7-8-9-10-11-12-16-20(22)18-14-13-15-19(21)17-18/h13-15,17,20-22H,2-12,16H2,1H3. The quantitative estimate of drug-likeness (QED) is 0.430. The third kappa shape index (κ3) is 9.09. The molecule has 2 N–H and O–H groups in total. The van der Waals surface area contributed by atoms with Crippen LogP contribution in [0.15, 0.2) is 24.3 Å². The number of aromatic hydroxyl groups is 1. The second-order valence-electron chi connectivity index (χ2n) is 6.43. The van der Waals surface area contributed by atoms with Gasteiger partial charge in [0.2, 0.25) is 0 Å². The summed E-state index contributed by atoms with van der Waals surface area (Å²) < 4.78 is 0. The third-order valence-corrected chi connectivity index (χ3v) is 4.34. The average Bonchev–Trinajstić information content (AvgIpc) is 2.52. The van der Waals surface area contributed by atoms with Crippen molar-refractivity contribution in [2.75, 3.05) is 0 Å². The largest absolute Gasteiger partial charge is 0.508 e. The van der Waals surface area contributed by atoms with Crippen LogP contribution < -0.4 is 0 Å². The fraction of sp³-hybridized carbons (Fsp3) is 0.700. The topological polar surface area (TPSA) is 40.5 Å². The minimum atomic E-state index is -0.439. The Hall–Kier alpha value is -1.02. The Bertz CT molecular complexity index is 376. The summed E-state index contributed by atoms with van der Waals surface area (Å²) in [4.78, 5) is 0. The minimum absolute atomic E-state index is 0.232. The molecule has 0 aliphatic heterocycles. The lowest BCUT2D eigenvalue weighted by Gasteiger charge is -2.11. The maximum Gasteiger partial charge on any atom is 0.115 e. The summed E-state index contributed by atoms with van der Waals surface area (Å²) >= 11 is 0. The predicted molar refractivity (Wildman–Crippen MR) is 94.1 cm³/mol. The second-order valence-corrected chi connectivity index (χ2v) is 6.43. The number of aliphatic hydroxyl groups is 1. The van der Waals surface area contributed by atoms with Crippen LogP contribution in [0.5, 0.6) is 5.75 Å². The van der Waals surface area contributed by atoms with Crippen LogP contribution >= 0.6 is 0 Å². The summed E-state index contributed by atoms with van der Waals surface area (Å²) in [7, 11) is 0. The molecule has 0 fully saturated rings. The van der Waals surface area contributed by atoms with E-state index in [1.807, 2.05) is 6.07 Å². The van der Waals surface area contributed by atoms with E-state index in [4.69, 9.17) is 0 Å². The molecular weight excluding hydrogens is 272 g/mol. The molecule has 1 atom stereocenters. The van der Waals surface area contributed by atoms with Crippen LogP contribution in [0.1, 0.15) is 95.6 Å². The van der Waals surface area contributed by atoms with Crippen molar-refractivity contribution in [3.05, 3.63) is 29.8 Å². The highest BCUT2D eigenvalue weighted by atomic mass is 16.3. The lowest BCUT2D eigenvalue weighted by molar-refractivity contribution is 0.163. The maximum atomic E-state index is 10.1. The zero-order valence-corrected chi connectivity index (χ0v) is 14.3.